The first-order valence-electron chi connectivity index (χ1n) is 4.20. The van der Waals surface area contributed by atoms with Gasteiger partial charge in [-0.25, -0.2) is 4.99 Å². The van der Waals surface area contributed by atoms with Gasteiger partial charge in [0.05, 0.1) is 7.11 Å². The molecular weight excluding hydrogens is 156 g/mol. The second-order valence-electron chi connectivity index (χ2n) is 3.10. The first kappa shape index (κ1) is 7.58. The minimum atomic E-state index is 0.135. The van der Waals surface area contributed by atoms with Gasteiger partial charge in [0.25, 0.3) is 0 Å². The fourth-order valence-corrected chi connectivity index (χ4v) is 1.86. The Bertz CT molecular complexity index is 237. The zero-order chi connectivity index (χ0) is 8.55. The Labute approximate surface area is 71.2 Å². The van der Waals surface area contributed by atoms with Gasteiger partial charge in [-0.15, -0.1) is 0 Å². The fraction of sp³-hybridized carbons (Fsp3) is 0.750. The molecule has 2 rings (SSSR count). The lowest BCUT2D eigenvalue weighted by Crippen LogP contribution is -2.46. The minimum absolute atomic E-state index is 0.135. The molecule has 0 unspecified atom stereocenters. The van der Waals surface area contributed by atoms with Crippen LogP contribution in [0.25, 0.3) is 0 Å². The zero-order valence-electron chi connectivity index (χ0n) is 7.12. The van der Waals surface area contributed by atoms with Crippen molar-refractivity contribution in [2.45, 2.75) is 18.9 Å². The molecule has 2 aliphatic rings. The molecule has 0 N–H and O–H groups in total. The van der Waals surface area contributed by atoms with Crippen LogP contribution in [-0.4, -0.2) is 42.9 Å². The zero-order valence-corrected chi connectivity index (χ0v) is 7.12. The maximum atomic E-state index is 11.3. The van der Waals surface area contributed by atoms with E-state index in [-0.39, 0.29) is 18.5 Å². The third-order valence-electron chi connectivity index (χ3n) is 2.44. The van der Waals surface area contributed by atoms with Crippen LogP contribution in [0.15, 0.2) is 4.99 Å². The van der Waals surface area contributed by atoms with E-state index in [1.54, 1.807) is 7.11 Å². The van der Waals surface area contributed by atoms with E-state index in [9.17, 15) is 4.79 Å². The van der Waals surface area contributed by atoms with Crippen LogP contribution < -0.4 is 0 Å². The van der Waals surface area contributed by atoms with Crippen molar-refractivity contribution in [1.29, 1.82) is 0 Å². The molecule has 1 fully saturated rings. The molecule has 4 nitrogen and oxygen atoms in total. The average molecular weight is 168 g/mol. The molecule has 1 saturated heterocycles. The lowest BCUT2D eigenvalue weighted by atomic mass is 10.2. The molecule has 0 saturated carbocycles. The van der Waals surface area contributed by atoms with Crippen molar-refractivity contribution in [3.8, 4) is 0 Å². The van der Waals surface area contributed by atoms with Crippen LogP contribution >= 0.6 is 0 Å². The van der Waals surface area contributed by atoms with E-state index < -0.39 is 0 Å². The SMILES string of the molecule is COC1=NCC(=O)N2CCC[C@@H]12. The van der Waals surface area contributed by atoms with Crippen LogP contribution in [0.1, 0.15) is 12.8 Å². The number of hydrogen-bond donors (Lipinski definition) is 0. The lowest BCUT2D eigenvalue weighted by molar-refractivity contribution is -0.130. The van der Waals surface area contributed by atoms with Gasteiger partial charge in [0.1, 0.15) is 12.6 Å². The van der Waals surface area contributed by atoms with E-state index in [0.29, 0.717) is 0 Å². The highest BCUT2D eigenvalue weighted by Gasteiger charge is 2.35. The molecule has 12 heavy (non-hydrogen) atoms. The summed E-state index contributed by atoms with van der Waals surface area (Å²) in [6.45, 7) is 1.13. The number of amides is 1. The smallest absolute Gasteiger partial charge is 0.245 e. The van der Waals surface area contributed by atoms with Gasteiger partial charge in [0.15, 0.2) is 0 Å². The van der Waals surface area contributed by atoms with Gasteiger partial charge in [0, 0.05) is 6.54 Å². The molecule has 0 bridgehead atoms. The van der Waals surface area contributed by atoms with E-state index >= 15 is 0 Å². The van der Waals surface area contributed by atoms with Gasteiger partial charge < -0.3 is 9.64 Å². The summed E-state index contributed by atoms with van der Waals surface area (Å²) in [5, 5.41) is 0. The number of aliphatic imine (C=N–C) groups is 1. The largest absolute Gasteiger partial charge is 0.483 e. The Morgan fingerprint density at radius 2 is 2.50 bits per heavy atom. The summed E-state index contributed by atoms with van der Waals surface area (Å²) in [5.74, 6) is 0.866. The van der Waals surface area contributed by atoms with Crippen LogP contribution in [0, 0.1) is 0 Å². The number of nitrogens with zero attached hydrogens (tertiary/aromatic N) is 2. The maximum Gasteiger partial charge on any atom is 0.245 e. The van der Waals surface area contributed by atoms with Crippen LogP contribution in [0.3, 0.4) is 0 Å². The second-order valence-corrected chi connectivity index (χ2v) is 3.10. The maximum absolute atomic E-state index is 11.3. The van der Waals surface area contributed by atoms with Crippen molar-refractivity contribution in [2.75, 3.05) is 20.2 Å². The monoisotopic (exact) mass is 168 g/mol. The molecule has 1 atom stereocenters. The summed E-state index contributed by atoms with van der Waals surface area (Å²) < 4.78 is 5.11. The van der Waals surface area contributed by atoms with Gasteiger partial charge in [0.2, 0.25) is 11.8 Å². The number of hydrogen-bond acceptors (Lipinski definition) is 3. The summed E-state index contributed by atoms with van der Waals surface area (Å²) in [7, 11) is 1.62. The number of methoxy groups -OCH3 is 1. The Hall–Kier alpha value is -1.06. The van der Waals surface area contributed by atoms with Crippen molar-refractivity contribution >= 4 is 11.8 Å². The van der Waals surface area contributed by atoms with Gasteiger partial charge >= 0.3 is 0 Å². The van der Waals surface area contributed by atoms with E-state index in [1.807, 2.05) is 4.90 Å². The van der Waals surface area contributed by atoms with Crippen LogP contribution in [0.2, 0.25) is 0 Å². The van der Waals surface area contributed by atoms with Gasteiger partial charge in [-0.1, -0.05) is 0 Å². The fourth-order valence-electron chi connectivity index (χ4n) is 1.86. The number of fused-ring (bicyclic) bond motifs is 1. The van der Waals surface area contributed by atoms with Crippen molar-refractivity contribution < 1.29 is 9.53 Å². The predicted molar refractivity (Wildman–Crippen MR) is 44.0 cm³/mol. The van der Waals surface area contributed by atoms with E-state index in [0.717, 1.165) is 25.3 Å². The molecule has 0 spiro atoms. The van der Waals surface area contributed by atoms with Crippen molar-refractivity contribution in [2.24, 2.45) is 4.99 Å². The van der Waals surface area contributed by atoms with E-state index in [4.69, 9.17) is 4.74 Å². The molecule has 0 aromatic heterocycles. The molecular formula is C8H12N2O2. The van der Waals surface area contributed by atoms with Crippen LogP contribution in [0.4, 0.5) is 0 Å². The summed E-state index contributed by atoms with van der Waals surface area (Å²) >= 11 is 0. The number of carbonyl (C=O) groups is 1. The third-order valence-corrected chi connectivity index (χ3v) is 2.44. The van der Waals surface area contributed by atoms with Crippen molar-refractivity contribution in [3.05, 3.63) is 0 Å². The number of carbonyl (C=O) groups excluding carboxylic acids is 1. The summed E-state index contributed by atoms with van der Waals surface area (Å²) in [5.41, 5.74) is 0. The molecule has 1 amide bonds. The first-order valence-corrected chi connectivity index (χ1v) is 4.20. The molecule has 2 heterocycles. The minimum Gasteiger partial charge on any atom is -0.483 e. The average Bonchev–Trinajstić information content (AvgIpc) is 2.54. The lowest BCUT2D eigenvalue weighted by Gasteiger charge is -2.28. The Morgan fingerprint density at radius 1 is 1.67 bits per heavy atom. The Balaban J connectivity index is 2.23. The van der Waals surface area contributed by atoms with Gasteiger partial charge in [-0.05, 0) is 12.8 Å². The predicted octanol–water partition coefficient (Wildman–Crippen LogP) is 0.0359. The van der Waals surface area contributed by atoms with Crippen molar-refractivity contribution in [3.63, 3.8) is 0 Å². The van der Waals surface area contributed by atoms with E-state index in [1.165, 1.54) is 0 Å². The normalized spacial score (nSPS) is 28.4. The van der Waals surface area contributed by atoms with Gasteiger partial charge in [-0.3, -0.25) is 4.79 Å². The highest BCUT2D eigenvalue weighted by molar-refractivity contribution is 5.93. The highest BCUT2D eigenvalue weighted by Crippen LogP contribution is 2.21. The molecule has 2 aliphatic heterocycles. The first-order chi connectivity index (χ1) is 5.83. The molecule has 0 radical (unpaired) electrons. The summed E-state index contributed by atoms with van der Waals surface area (Å²) in [6.07, 6.45) is 2.07. The second kappa shape index (κ2) is 2.77. The molecule has 66 valence electrons. The van der Waals surface area contributed by atoms with Crippen molar-refractivity contribution in [1.82, 2.24) is 4.90 Å². The summed E-state index contributed by atoms with van der Waals surface area (Å²) in [6, 6.07) is 0.135. The molecule has 0 aliphatic carbocycles. The Kier molecular flexibility index (Phi) is 1.75. The Morgan fingerprint density at radius 3 is 3.25 bits per heavy atom. The summed E-state index contributed by atoms with van der Waals surface area (Å²) in [4.78, 5) is 17.2. The topological polar surface area (TPSA) is 41.9 Å². The highest BCUT2D eigenvalue weighted by atomic mass is 16.5. The molecule has 0 aromatic rings. The quantitative estimate of drug-likeness (QED) is 0.512. The molecule has 4 heteroatoms. The van der Waals surface area contributed by atoms with E-state index in [2.05, 4.69) is 4.99 Å². The van der Waals surface area contributed by atoms with Crippen LogP contribution in [0.5, 0.6) is 0 Å². The van der Waals surface area contributed by atoms with Gasteiger partial charge in [-0.2, -0.15) is 0 Å². The molecule has 0 aromatic carbocycles. The van der Waals surface area contributed by atoms with Crippen LogP contribution in [-0.2, 0) is 9.53 Å². The number of rotatable bonds is 0. The third kappa shape index (κ3) is 0.983. The number of ether oxygens (including phenoxy) is 1. The standard InChI is InChI=1S/C8H12N2O2/c1-12-8-6-3-2-4-10(6)7(11)5-9-8/h6H,2-5H2,1H3/t6-/m0/s1.